The third kappa shape index (κ3) is 6.10. The van der Waals surface area contributed by atoms with Gasteiger partial charge >= 0.3 is 12.1 Å². The Morgan fingerprint density at radius 3 is 2.00 bits per heavy atom. The number of hydrazine groups is 1. The van der Waals surface area contributed by atoms with Crippen molar-refractivity contribution in [2.24, 2.45) is 5.92 Å². The minimum Gasteiger partial charge on any atom is -0.428 e. The Hall–Kier alpha value is -3.39. The van der Waals surface area contributed by atoms with E-state index in [0.29, 0.717) is 10.0 Å². The van der Waals surface area contributed by atoms with Gasteiger partial charge in [-0.3, -0.25) is 14.4 Å². The van der Waals surface area contributed by atoms with Crippen molar-refractivity contribution in [2.45, 2.75) is 39.2 Å². The monoisotopic (exact) mass is 472 g/mol. The maximum Gasteiger partial charge on any atom is 0.439 e. The van der Waals surface area contributed by atoms with E-state index in [1.807, 2.05) is 0 Å². The first-order valence-corrected chi connectivity index (χ1v) is 10.8. The van der Waals surface area contributed by atoms with Crippen LogP contribution in [0.1, 0.15) is 54.3 Å². The lowest BCUT2D eigenvalue weighted by Crippen LogP contribution is -2.60. The Kier molecular flexibility index (Phi) is 7.38. The molecule has 0 spiro atoms. The number of esters is 1. The number of imide groups is 1. The smallest absolute Gasteiger partial charge is 0.428 e. The van der Waals surface area contributed by atoms with Crippen LogP contribution in [0.25, 0.3) is 0 Å². The highest BCUT2D eigenvalue weighted by Crippen LogP contribution is 2.30. The predicted octanol–water partition coefficient (Wildman–Crippen LogP) is 4.69. The Labute approximate surface area is 197 Å². The van der Waals surface area contributed by atoms with E-state index in [9.17, 15) is 19.2 Å². The number of rotatable bonds is 5. The van der Waals surface area contributed by atoms with Gasteiger partial charge in [0, 0.05) is 16.1 Å². The Bertz CT molecular complexity index is 1030. The summed E-state index contributed by atoms with van der Waals surface area (Å²) < 4.78 is 10.0. The van der Waals surface area contributed by atoms with Gasteiger partial charge in [-0.2, -0.15) is 0 Å². The van der Waals surface area contributed by atoms with Crippen LogP contribution >= 0.6 is 11.6 Å². The molecule has 1 aliphatic carbocycles. The van der Waals surface area contributed by atoms with E-state index in [4.69, 9.17) is 21.1 Å². The van der Waals surface area contributed by atoms with Crippen molar-refractivity contribution in [3.8, 4) is 0 Å². The molecule has 0 saturated heterocycles. The first-order valence-electron chi connectivity index (χ1n) is 10.4. The zero-order chi connectivity index (χ0) is 24.2. The zero-order valence-corrected chi connectivity index (χ0v) is 19.4. The first-order chi connectivity index (χ1) is 15.6. The van der Waals surface area contributed by atoms with E-state index < -0.39 is 36.2 Å². The Morgan fingerprint density at radius 2 is 1.45 bits per heavy atom. The molecular weight excluding hydrogens is 448 g/mol. The van der Waals surface area contributed by atoms with E-state index >= 15 is 0 Å². The largest absolute Gasteiger partial charge is 0.439 e. The molecule has 33 heavy (non-hydrogen) atoms. The van der Waals surface area contributed by atoms with E-state index in [-0.39, 0.29) is 17.0 Å². The molecule has 2 aromatic rings. The summed E-state index contributed by atoms with van der Waals surface area (Å²) in [4.78, 5) is 51.7. The normalized spacial score (nSPS) is 13.1. The van der Waals surface area contributed by atoms with Crippen LogP contribution in [-0.4, -0.2) is 46.2 Å². The SMILES string of the molecule is CC(C)(C)N(C(=O)c1ccccc1)N(C(=O)OCOC(=O)C1CC1)C(=O)c1ccc(Cl)cc1. The molecule has 0 aliphatic heterocycles. The van der Waals surface area contributed by atoms with Gasteiger partial charge < -0.3 is 9.47 Å². The van der Waals surface area contributed by atoms with Gasteiger partial charge in [0.15, 0.2) is 0 Å². The van der Waals surface area contributed by atoms with Crippen LogP contribution < -0.4 is 0 Å². The number of halogens is 1. The first kappa shape index (κ1) is 24.3. The summed E-state index contributed by atoms with van der Waals surface area (Å²) in [6, 6.07) is 14.1. The number of hydrogen-bond donors (Lipinski definition) is 0. The number of nitrogens with zero attached hydrogens (tertiary/aromatic N) is 2. The molecule has 0 aromatic heterocycles. The van der Waals surface area contributed by atoms with Gasteiger partial charge in [-0.05, 0) is 70.0 Å². The van der Waals surface area contributed by atoms with Gasteiger partial charge in [-0.25, -0.2) is 9.80 Å². The minimum atomic E-state index is -1.15. The molecule has 0 bridgehead atoms. The van der Waals surface area contributed by atoms with Crippen molar-refractivity contribution in [3.63, 3.8) is 0 Å². The highest BCUT2D eigenvalue weighted by molar-refractivity contribution is 6.30. The van der Waals surface area contributed by atoms with Crippen LogP contribution in [0.3, 0.4) is 0 Å². The summed E-state index contributed by atoms with van der Waals surface area (Å²) >= 11 is 5.92. The number of benzene rings is 2. The molecule has 0 heterocycles. The Balaban J connectivity index is 1.93. The topological polar surface area (TPSA) is 93.2 Å². The van der Waals surface area contributed by atoms with Crippen LogP contribution in [0, 0.1) is 5.92 Å². The van der Waals surface area contributed by atoms with Crippen LogP contribution in [0.15, 0.2) is 54.6 Å². The number of hydrogen-bond acceptors (Lipinski definition) is 6. The lowest BCUT2D eigenvalue weighted by atomic mass is 10.1. The molecule has 3 amide bonds. The molecule has 9 heteroatoms. The lowest BCUT2D eigenvalue weighted by molar-refractivity contribution is -0.154. The second kappa shape index (κ2) is 10.0. The fourth-order valence-corrected chi connectivity index (χ4v) is 3.13. The fraction of sp³-hybridized carbons (Fsp3) is 0.333. The average molecular weight is 473 g/mol. The fourth-order valence-electron chi connectivity index (χ4n) is 3.00. The summed E-state index contributed by atoms with van der Waals surface area (Å²) in [7, 11) is 0. The molecule has 2 aromatic carbocycles. The van der Waals surface area contributed by atoms with Crippen LogP contribution in [0.5, 0.6) is 0 Å². The molecule has 0 radical (unpaired) electrons. The quantitative estimate of drug-likeness (QED) is 0.356. The average Bonchev–Trinajstić information content (AvgIpc) is 3.62. The van der Waals surface area contributed by atoms with Gasteiger partial charge in [0.1, 0.15) is 0 Å². The summed E-state index contributed by atoms with van der Waals surface area (Å²) in [5, 5.41) is 2.06. The van der Waals surface area contributed by atoms with Crippen LogP contribution in [0.4, 0.5) is 4.79 Å². The van der Waals surface area contributed by atoms with E-state index in [0.717, 1.165) is 17.9 Å². The van der Waals surface area contributed by atoms with E-state index in [1.165, 1.54) is 24.3 Å². The molecular formula is C24H25ClN2O6. The third-order valence-corrected chi connectivity index (χ3v) is 5.05. The van der Waals surface area contributed by atoms with Crippen molar-refractivity contribution >= 4 is 35.5 Å². The molecule has 1 saturated carbocycles. The zero-order valence-electron chi connectivity index (χ0n) is 18.6. The molecule has 0 atom stereocenters. The number of carbonyl (C=O) groups is 4. The van der Waals surface area contributed by atoms with Crippen molar-refractivity contribution in [1.29, 1.82) is 0 Å². The molecule has 0 unspecified atom stereocenters. The number of ether oxygens (including phenoxy) is 2. The van der Waals surface area contributed by atoms with E-state index in [2.05, 4.69) is 0 Å². The van der Waals surface area contributed by atoms with Crippen molar-refractivity contribution in [3.05, 3.63) is 70.7 Å². The second-order valence-electron chi connectivity index (χ2n) is 8.54. The summed E-state index contributed by atoms with van der Waals surface area (Å²) in [5.41, 5.74) is -0.616. The number of carbonyl (C=O) groups excluding carboxylic acids is 4. The van der Waals surface area contributed by atoms with Crippen molar-refractivity contribution < 1.29 is 28.7 Å². The Morgan fingerprint density at radius 1 is 0.879 bits per heavy atom. The van der Waals surface area contributed by atoms with Crippen molar-refractivity contribution in [1.82, 2.24) is 10.0 Å². The van der Waals surface area contributed by atoms with Gasteiger partial charge in [0.2, 0.25) is 6.79 Å². The molecule has 1 aliphatic rings. The third-order valence-electron chi connectivity index (χ3n) is 4.80. The second-order valence-corrected chi connectivity index (χ2v) is 8.98. The highest BCUT2D eigenvalue weighted by atomic mass is 35.5. The standard InChI is InChI=1S/C24H25ClN2O6/c1-24(2,3)27(21(29)16-7-5-4-6-8-16)26(20(28)17-11-13-19(25)14-12-17)23(31)33-15-32-22(30)18-9-10-18/h4-8,11-14,18H,9-10,15H2,1-3H3. The highest BCUT2D eigenvalue weighted by Gasteiger charge is 2.41. The minimum absolute atomic E-state index is 0.112. The molecule has 174 valence electrons. The summed E-state index contributed by atoms with van der Waals surface area (Å²) in [6.45, 7) is 4.36. The van der Waals surface area contributed by atoms with Gasteiger partial charge in [-0.1, -0.05) is 29.8 Å². The maximum atomic E-state index is 13.4. The number of amides is 3. The van der Waals surface area contributed by atoms with Crippen molar-refractivity contribution in [2.75, 3.05) is 6.79 Å². The lowest BCUT2D eigenvalue weighted by Gasteiger charge is -2.41. The predicted molar refractivity (Wildman–Crippen MR) is 120 cm³/mol. The molecule has 3 rings (SSSR count). The van der Waals surface area contributed by atoms with Crippen LogP contribution in [0.2, 0.25) is 5.02 Å². The molecule has 8 nitrogen and oxygen atoms in total. The maximum absolute atomic E-state index is 13.4. The molecule has 1 fully saturated rings. The summed E-state index contributed by atoms with van der Waals surface area (Å²) in [6.07, 6.45) is 0.312. The van der Waals surface area contributed by atoms with Gasteiger partial charge in [0.25, 0.3) is 11.8 Å². The summed E-state index contributed by atoms with van der Waals surface area (Å²) in [5.74, 6) is -2.03. The van der Waals surface area contributed by atoms with E-state index in [1.54, 1.807) is 51.1 Å². The van der Waals surface area contributed by atoms with Gasteiger partial charge in [-0.15, -0.1) is 5.01 Å². The van der Waals surface area contributed by atoms with Gasteiger partial charge in [0.05, 0.1) is 11.5 Å². The van der Waals surface area contributed by atoms with Crippen LogP contribution in [-0.2, 0) is 14.3 Å². The molecule has 0 N–H and O–H groups in total.